The number of nitrogens with one attached hydrogen (secondary N) is 2. The number of carbonyl (C=O) groups excluding carboxylic acids is 2. The molecule has 1 aromatic heterocycles. The quantitative estimate of drug-likeness (QED) is 0.596. The molecule has 1 aromatic rings. The molecule has 20 heavy (non-hydrogen) atoms. The highest BCUT2D eigenvalue weighted by atomic mass is 16.5. The number of hydrogen-bond donors (Lipinski definition) is 2. The summed E-state index contributed by atoms with van der Waals surface area (Å²) in [4.78, 5) is 26.9. The molecule has 0 bridgehead atoms. The SMILES string of the molecule is CCCCCNC(=O)c1c(C)[nH]c(C(=O)OCC)c1C. The maximum absolute atomic E-state index is 12.2. The van der Waals surface area contributed by atoms with Crippen molar-refractivity contribution >= 4 is 11.9 Å². The van der Waals surface area contributed by atoms with Gasteiger partial charge in [-0.2, -0.15) is 0 Å². The molecule has 112 valence electrons. The van der Waals surface area contributed by atoms with Crippen molar-refractivity contribution in [3.8, 4) is 0 Å². The average Bonchev–Trinajstić information content (AvgIpc) is 2.70. The highest BCUT2D eigenvalue weighted by Crippen LogP contribution is 2.18. The van der Waals surface area contributed by atoms with Crippen molar-refractivity contribution in [1.29, 1.82) is 0 Å². The number of esters is 1. The van der Waals surface area contributed by atoms with E-state index < -0.39 is 5.97 Å². The minimum absolute atomic E-state index is 0.136. The molecule has 0 radical (unpaired) electrons. The van der Waals surface area contributed by atoms with Gasteiger partial charge in [-0.1, -0.05) is 19.8 Å². The molecule has 0 saturated heterocycles. The second-order valence-electron chi connectivity index (χ2n) is 4.81. The molecule has 2 N–H and O–H groups in total. The van der Waals surface area contributed by atoms with Gasteiger partial charge in [0, 0.05) is 12.2 Å². The van der Waals surface area contributed by atoms with Crippen LogP contribution in [0, 0.1) is 13.8 Å². The molecule has 0 fully saturated rings. The summed E-state index contributed by atoms with van der Waals surface area (Å²) in [5.74, 6) is -0.555. The van der Waals surface area contributed by atoms with Crippen LogP contribution in [0.3, 0.4) is 0 Å². The summed E-state index contributed by atoms with van der Waals surface area (Å²) >= 11 is 0. The van der Waals surface area contributed by atoms with Crippen LogP contribution in [-0.4, -0.2) is 30.0 Å². The van der Waals surface area contributed by atoms with E-state index in [4.69, 9.17) is 4.74 Å². The van der Waals surface area contributed by atoms with Gasteiger partial charge in [0.05, 0.1) is 12.2 Å². The fraction of sp³-hybridized carbons (Fsp3) is 0.600. The number of unbranched alkanes of at least 4 members (excludes halogenated alkanes) is 2. The number of amides is 1. The summed E-state index contributed by atoms with van der Waals surface area (Å²) < 4.78 is 4.97. The first kappa shape index (κ1) is 16.3. The summed E-state index contributed by atoms with van der Waals surface area (Å²) in [5.41, 5.74) is 2.25. The number of rotatable bonds is 7. The first-order valence-electron chi connectivity index (χ1n) is 7.17. The van der Waals surface area contributed by atoms with Crippen molar-refractivity contribution in [1.82, 2.24) is 10.3 Å². The van der Waals surface area contributed by atoms with E-state index in [1.54, 1.807) is 20.8 Å². The second-order valence-corrected chi connectivity index (χ2v) is 4.81. The van der Waals surface area contributed by atoms with Gasteiger partial charge >= 0.3 is 5.97 Å². The molecule has 5 nitrogen and oxygen atoms in total. The van der Waals surface area contributed by atoms with Crippen LogP contribution in [0.15, 0.2) is 0 Å². The molecule has 0 aliphatic rings. The first-order chi connectivity index (χ1) is 9.52. The minimum Gasteiger partial charge on any atom is -0.461 e. The fourth-order valence-corrected chi connectivity index (χ4v) is 2.16. The largest absolute Gasteiger partial charge is 0.461 e. The van der Waals surface area contributed by atoms with Crippen molar-refractivity contribution in [2.24, 2.45) is 0 Å². The topological polar surface area (TPSA) is 71.2 Å². The van der Waals surface area contributed by atoms with Crippen molar-refractivity contribution < 1.29 is 14.3 Å². The molecule has 0 saturated carbocycles. The molecule has 0 aliphatic carbocycles. The van der Waals surface area contributed by atoms with Crippen LogP contribution in [-0.2, 0) is 4.74 Å². The van der Waals surface area contributed by atoms with Gasteiger partial charge in [0.2, 0.25) is 0 Å². The predicted octanol–water partition coefficient (Wildman–Crippen LogP) is 2.73. The maximum Gasteiger partial charge on any atom is 0.355 e. The minimum atomic E-state index is -0.418. The normalized spacial score (nSPS) is 10.4. The van der Waals surface area contributed by atoms with Gasteiger partial charge in [-0.25, -0.2) is 4.79 Å². The highest BCUT2D eigenvalue weighted by Gasteiger charge is 2.22. The smallest absolute Gasteiger partial charge is 0.355 e. The number of ether oxygens (including phenoxy) is 1. The van der Waals surface area contributed by atoms with Crippen molar-refractivity contribution in [3.63, 3.8) is 0 Å². The number of hydrogen-bond acceptors (Lipinski definition) is 3. The van der Waals surface area contributed by atoms with Crippen LogP contribution in [0.2, 0.25) is 0 Å². The zero-order valence-corrected chi connectivity index (χ0v) is 12.8. The molecule has 0 aromatic carbocycles. The van der Waals surface area contributed by atoms with Gasteiger partial charge in [-0.05, 0) is 32.8 Å². The van der Waals surface area contributed by atoms with E-state index in [2.05, 4.69) is 17.2 Å². The zero-order valence-electron chi connectivity index (χ0n) is 12.8. The van der Waals surface area contributed by atoms with Crippen LogP contribution >= 0.6 is 0 Å². The van der Waals surface area contributed by atoms with Gasteiger partial charge in [0.15, 0.2) is 0 Å². The van der Waals surface area contributed by atoms with Crippen LogP contribution in [0.25, 0.3) is 0 Å². The van der Waals surface area contributed by atoms with Crippen molar-refractivity contribution in [3.05, 3.63) is 22.5 Å². The lowest BCUT2D eigenvalue weighted by Gasteiger charge is -2.05. The number of aromatic nitrogens is 1. The third kappa shape index (κ3) is 3.85. The fourth-order valence-electron chi connectivity index (χ4n) is 2.16. The summed E-state index contributed by atoms with van der Waals surface area (Å²) in [6.07, 6.45) is 3.18. The molecule has 1 rings (SSSR count). The molecular weight excluding hydrogens is 256 g/mol. The van der Waals surface area contributed by atoms with E-state index in [1.807, 2.05) is 0 Å². The van der Waals surface area contributed by atoms with Crippen LogP contribution in [0.5, 0.6) is 0 Å². The van der Waals surface area contributed by atoms with Gasteiger partial charge in [-0.15, -0.1) is 0 Å². The molecule has 1 amide bonds. The zero-order chi connectivity index (χ0) is 15.1. The Bertz CT molecular complexity index is 478. The Morgan fingerprint density at radius 2 is 1.90 bits per heavy atom. The molecule has 0 unspecified atom stereocenters. The lowest BCUT2D eigenvalue weighted by atomic mass is 10.1. The van der Waals surface area contributed by atoms with Crippen molar-refractivity contribution in [2.45, 2.75) is 47.0 Å². The Morgan fingerprint density at radius 1 is 1.20 bits per heavy atom. The number of H-pyrrole nitrogens is 1. The van der Waals surface area contributed by atoms with Crippen LogP contribution < -0.4 is 5.32 Å². The lowest BCUT2D eigenvalue weighted by Crippen LogP contribution is -2.25. The van der Waals surface area contributed by atoms with Crippen LogP contribution in [0.1, 0.15) is 65.2 Å². The summed E-state index contributed by atoms with van der Waals surface area (Å²) in [5, 5.41) is 2.89. The molecule has 0 aliphatic heterocycles. The third-order valence-corrected chi connectivity index (χ3v) is 3.21. The number of aryl methyl sites for hydroxylation is 1. The molecule has 0 spiro atoms. The Morgan fingerprint density at radius 3 is 2.50 bits per heavy atom. The lowest BCUT2D eigenvalue weighted by molar-refractivity contribution is 0.0519. The van der Waals surface area contributed by atoms with E-state index in [1.165, 1.54) is 0 Å². The molecule has 0 atom stereocenters. The van der Waals surface area contributed by atoms with E-state index >= 15 is 0 Å². The monoisotopic (exact) mass is 280 g/mol. The van der Waals surface area contributed by atoms with Gasteiger partial charge in [0.25, 0.3) is 5.91 Å². The number of carbonyl (C=O) groups is 2. The average molecular weight is 280 g/mol. The molecular formula is C15H24N2O3. The Labute approximate surface area is 120 Å². The third-order valence-electron chi connectivity index (χ3n) is 3.21. The molecule has 1 heterocycles. The van der Waals surface area contributed by atoms with E-state index in [0.29, 0.717) is 35.7 Å². The van der Waals surface area contributed by atoms with E-state index in [9.17, 15) is 9.59 Å². The summed E-state index contributed by atoms with van der Waals surface area (Å²) in [7, 11) is 0. The van der Waals surface area contributed by atoms with Gasteiger partial charge in [-0.3, -0.25) is 4.79 Å². The van der Waals surface area contributed by atoms with E-state index in [0.717, 1.165) is 19.3 Å². The Balaban J connectivity index is 2.80. The molecule has 5 heteroatoms. The predicted molar refractivity (Wildman–Crippen MR) is 78.1 cm³/mol. The van der Waals surface area contributed by atoms with Crippen LogP contribution in [0.4, 0.5) is 0 Å². The summed E-state index contributed by atoms with van der Waals surface area (Å²) in [6, 6.07) is 0. The van der Waals surface area contributed by atoms with Crippen molar-refractivity contribution in [2.75, 3.05) is 13.2 Å². The Kier molecular flexibility index (Phi) is 6.28. The second kappa shape index (κ2) is 7.72. The maximum atomic E-state index is 12.2. The Hall–Kier alpha value is -1.78. The standard InChI is InChI=1S/C15H24N2O3/c1-5-7-8-9-16-14(18)12-10(3)13(17-11(12)4)15(19)20-6-2/h17H,5-9H2,1-4H3,(H,16,18). The summed E-state index contributed by atoms with van der Waals surface area (Å²) in [6.45, 7) is 8.39. The van der Waals surface area contributed by atoms with E-state index in [-0.39, 0.29) is 5.91 Å². The first-order valence-corrected chi connectivity index (χ1v) is 7.17. The van der Waals surface area contributed by atoms with Gasteiger partial charge in [0.1, 0.15) is 5.69 Å². The highest BCUT2D eigenvalue weighted by molar-refractivity contribution is 6.01. The number of aromatic amines is 1. The van der Waals surface area contributed by atoms with Gasteiger partial charge < -0.3 is 15.0 Å².